The fraction of sp³-hybridized carbons (Fsp3) is 0.278. The SMILES string of the molecule is CN=C(NCCOc1cccc(OC)c1)NCc1cccc(F)c1. The highest BCUT2D eigenvalue weighted by molar-refractivity contribution is 5.79. The van der Waals surface area contributed by atoms with E-state index in [1.807, 2.05) is 30.3 Å². The van der Waals surface area contributed by atoms with Gasteiger partial charge in [-0.15, -0.1) is 0 Å². The van der Waals surface area contributed by atoms with Gasteiger partial charge >= 0.3 is 0 Å². The van der Waals surface area contributed by atoms with Gasteiger partial charge in [0.25, 0.3) is 0 Å². The molecule has 0 aliphatic carbocycles. The third kappa shape index (κ3) is 5.79. The average molecular weight is 331 g/mol. The molecular formula is C18H22FN3O2. The monoisotopic (exact) mass is 331 g/mol. The van der Waals surface area contributed by atoms with E-state index in [0.717, 1.165) is 17.1 Å². The van der Waals surface area contributed by atoms with Crippen LogP contribution < -0.4 is 20.1 Å². The van der Waals surface area contributed by atoms with Crippen LogP contribution in [0.15, 0.2) is 53.5 Å². The molecule has 0 radical (unpaired) electrons. The van der Waals surface area contributed by atoms with Gasteiger partial charge in [0.05, 0.1) is 13.7 Å². The molecule has 0 aliphatic rings. The van der Waals surface area contributed by atoms with Crippen LogP contribution in [0.1, 0.15) is 5.56 Å². The maximum Gasteiger partial charge on any atom is 0.191 e. The Bertz CT molecular complexity index is 677. The second-order valence-corrected chi connectivity index (χ2v) is 5.01. The third-order valence-electron chi connectivity index (χ3n) is 3.28. The largest absolute Gasteiger partial charge is 0.497 e. The van der Waals surface area contributed by atoms with E-state index in [4.69, 9.17) is 9.47 Å². The third-order valence-corrected chi connectivity index (χ3v) is 3.28. The molecule has 2 aromatic rings. The number of methoxy groups -OCH3 is 1. The molecule has 0 heterocycles. The molecule has 0 fully saturated rings. The quantitative estimate of drug-likeness (QED) is 0.465. The molecule has 0 atom stereocenters. The highest BCUT2D eigenvalue weighted by Gasteiger charge is 2.00. The Kier molecular flexibility index (Phi) is 6.89. The molecule has 24 heavy (non-hydrogen) atoms. The molecule has 0 saturated carbocycles. The Morgan fingerprint density at radius 2 is 1.88 bits per heavy atom. The van der Waals surface area contributed by atoms with E-state index in [1.54, 1.807) is 20.2 Å². The normalized spacial score (nSPS) is 11.0. The van der Waals surface area contributed by atoms with Gasteiger partial charge in [0.2, 0.25) is 0 Å². The summed E-state index contributed by atoms with van der Waals surface area (Å²) in [5.74, 6) is 1.89. The van der Waals surface area contributed by atoms with Gasteiger partial charge in [0, 0.05) is 19.7 Å². The molecule has 5 nitrogen and oxygen atoms in total. The predicted octanol–water partition coefficient (Wildman–Crippen LogP) is 2.58. The summed E-state index contributed by atoms with van der Waals surface area (Å²) in [6.07, 6.45) is 0. The first-order valence-corrected chi connectivity index (χ1v) is 7.67. The number of hydrogen-bond acceptors (Lipinski definition) is 3. The molecule has 128 valence electrons. The Hall–Kier alpha value is -2.76. The molecule has 2 rings (SSSR count). The predicted molar refractivity (Wildman–Crippen MR) is 93.1 cm³/mol. The second-order valence-electron chi connectivity index (χ2n) is 5.01. The molecule has 0 amide bonds. The van der Waals surface area contributed by atoms with E-state index in [1.165, 1.54) is 12.1 Å². The number of guanidine groups is 1. The number of hydrogen-bond donors (Lipinski definition) is 2. The summed E-state index contributed by atoms with van der Waals surface area (Å²) in [7, 11) is 3.30. The van der Waals surface area contributed by atoms with Gasteiger partial charge in [-0.25, -0.2) is 4.39 Å². The van der Waals surface area contributed by atoms with Crippen molar-refractivity contribution in [1.82, 2.24) is 10.6 Å². The number of halogens is 1. The van der Waals surface area contributed by atoms with E-state index >= 15 is 0 Å². The van der Waals surface area contributed by atoms with Crippen molar-refractivity contribution >= 4 is 5.96 Å². The van der Waals surface area contributed by atoms with Crippen LogP contribution in [0.3, 0.4) is 0 Å². The van der Waals surface area contributed by atoms with Crippen molar-refractivity contribution in [1.29, 1.82) is 0 Å². The van der Waals surface area contributed by atoms with E-state index in [9.17, 15) is 4.39 Å². The summed E-state index contributed by atoms with van der Waals surface area (Å²) in [4.78, 5) is 4.12. The first kappa shape index (κ1) is 17.6. The van der Waals surface area contributed by atoms with Crippen molar-refractivity contribution in [3.63, 3.8) is 0 Å². The Labute approximate surface area is 141 Å². The van der Waals surface area contributed by atoms with Crippen LogP contribution in [0.25, 0.3) is 0 Å². The van der Waals surface area contributed by atoms with Crippen LogP contribution >= 0.6 is 0 Å². The van der Waals surface area contributed by atoms with Crippen molar-refractivity contribution in [3.05, 3.63) is 59.9 Å². The lowest BCUT2D eigenvalue weighted by Gasteiger charge is -2.13. The molecule has 0 bridgehead atoms. The van der Waals surface area contributed by atoms with Crippen LogP contribution in [-0.2, 0) is 6.54 Å². The van der Waals surface area contributed by atoms with Crippen molar-refractivity contribution in [3.8, 4) is 11.5 Å². The second kappa shape index (κ2) is 9.39. The van der Waals surface area contributed by atoms with E-state index < -0.39 is 0 Å². The maximum absolute atomic E-state index is 13.1. The highest BCUT2D eigenvalue weighted by atomic mass is 19.1. The van der Waals surface area contributed by atoms with Gasteiger partial charge in [0.1, 0.15) is 23.9 Å². The van der Waals surface area contributed by atoms with Crippen LogP contribution in [-0.4, -0.2) is 33.3 Å². The van der Waals surface area contributed by atoms with Crippen LogP contribution in [0.5, 0.6) is 11.5 Å². The lowest BCUT2D eigenvalue weighted by atomic mass is 10.2. The van der Waals surface area contributed by atoms with E-state index in [0.29, 0.717) is 25.7 Å². The molecule has 6 heteroatoms. The number of nitrogens with one attached hydrogen (secondary N) is 2. The molecule has 0 aromatic heterocycles. The maximum atomic E-state index is 13.1. The zero-order valence-electron chi connectivity index (χ0n) is 13.9. The van der Waals surface area contributed by atoms with Gasteiger partial charge in [-0.05, 0) is 29.8 Å². The molecule has 0 unspecified atom stereocenters. The van der Waals surface area contributed by atoms with Crippen LogP contribution in [0, 0.1) is 5.82 Å². The van der Waals surface area contributed by atoms with Crippen LogP contribution in [0.4, 0.5) is 4.39 Å². The summed E-state index contributed by atoms with van der Waals surface area (Å²) in [6, 6.07) is 13.9. The molecule has 0 saturated heterocycles. The Morgan fingerprint density at radius 1 is 1.08 bits per heavy atom. The smallest absolute Gasteiger partial charge is 0.191 e. The Balaban J connectivity index is 1.71. The van der Waals surface area contributed by atoms with Crippen molar-refractivity contribution in [2.24, 2.45) is 4.99 Å². The van der Waals surface area contributed by atoms with Crippen LogP contribution in [0.2, 0.25) is 0 Å². The first-order chi connectivity index (χ1) is 11.7. The van der Waals surface area contributed by atoms with Crippen molar-refractivity contribution < 1.29 is 13.9 Å². The molecular weight excluding hydrogens is 309 g/mol. The topological polar surface area (TPSA) is 54.9 Å². The minimum atomic E-state index is -0.246. The number of rotatable bonds is 7. The minimum Gasteiger partial charge on any atom is -0.497 e. The van der Waals surface area contributed by atoms with Crippen molar-refractivity contribution in [2.75, 3.05) is 27.3 Å². The molecule has 2 aromatic carbocycles. The van der Waals surface area contributed by atoms with Gasteiger partial charge in [-0.3, -0.25) is 4.99 Å². The molecule has 0 spiro atoms. The van der Waals surface area contributed by atoms with Gasteiger partial charge in [-0.2, -0.15) is 0 Å². The summed E-state index contributed by atoms with van der Waals surface area (Å²) in [5.41, 5.74) is 0.852. The minimum absolute atomic E-state index is 0.246. The molecule has 2 N–H and O–H groups in total. The van der Waals surface area contributed by atoms with E-state index in [2.05, 4.69) is 15.6 Å². The number of ether oxygens (including phenoxy) is 2. The number of aliphatic imine (C=N–C) groups is 1. The zero-order valence-corrected chi connectivity index (χ0v) is 13.9. The fourth-order valence-corrected chi connectivity index (χ4v) is 2.08. The van der Waals surface area contributed by atoms with Gasteiger partial charge in [-0.1, -0.05) is 18.2 Å². The number of benzene rings is 2. The van der Waals surface area contributed by atoms with Gasteiger partial charge in [0.15, 0.2) is 5.96 Å². The first-order valence-electron chi connectivity index (χ1n) is 7.67. The molecule has 0 aliphatic heterocycles. The van der Waals surface area contributed by atoms with Crippen molar-refractivity contribution in [2.45, 2.75) is 6.54 Å². The lowest BCUT2D eigenvalue weighted by molar-refractivity contribution is 0.319. The zero-order chi connectivity index (χ0) is 17.2. The summed E-state index contributed by atoms with van der Waals surface area (Å²) in [6.45, 7) is 1.56. The Morgan fingerprint density at radius 3 is 2.62 bits per heavy atom. The summed E-state index contributed by atoms with van der Waals surface area (Å²) >= 11 is 0. The lowest BCUT2D eigenvalue weighted by Crippen LogP contribution is -2.38. The number of nitrogens with zero attached hydrogens (tertiary/aromatic N) is 1. The average Bonchev–Trinajstić information content (AvgIpc) is 2.61. The highest BCUT2D eigenvalue weighted by Crippen LogP contribution is 2.18. The van der Waals surface area contributed by atoms with Gasteiger partial charge < -0.3 is 20.1 Å². The fourth-order valence-electron chi connectivity index (χ4n) is 2.08. The summed E-state index contributed by atoms with van der Waals surface area (Å²) < 4.78 is 23.9. The summed E-state index contributed by atoms with van der Waals surface area (Å²) in [5, 5.41) is 6.27. The standard InChI is InChI=1S/C18H22FN3O2/c1-20-18(22-13-14-5-3-6-15(19)11-14)21-9-10-24-17-8-4-7-16(12-17)23-2/h3-8,11-12H,9-10,13H2,1-2H3,(H2,20,21,22). The van der Waals surface area contributed by atoms with E-state index in [-0.39, 0.29) is 5.82 Å².